The van der Waals surface area contributed by atoms with Gasteiger partial charge in [0.2, 0.25) is 0 Å². The average molecular weight is 74.1 g/mol. The molecule has 0 bridgehead atoms. The first-order valence-electron chi connectivity index (χ1n) is 1.04. The molecular formula is C2H4NO2. The lowest BCUT2D eigenvalue weighted by Crippen LogP contribution is -1.71. The smallest absolute Gasteiger partial charge is 0.316 e. The molecule has 0 aliphatic heterocycles. The van der Waals surface area contributed by atoms with Gasteiger partial charge in [-0.1, -0.05) is 0 Å². The second-order valence-electron chi connectivity index (χ2n) is 0.395. The molecule has 0 unspecified atom stereocenters. The summed E-state index contributed by atoms with van der Waals surface area (Å²) in [5.41, 5.74) is 0. The maximum absolute atomic E-state index is 7.46. The van der Waals surface area contributed by atoms with Gasteiger partial charge in [-0.05, 0) is 5.16 Å². The molecule has 0 atom stereocenters. The van der Waals surface area contributed by atoms with Crippen LogP contribution in [0.3, 0.4) is 0 Å². The first-order chi connectivity index (χ1) is 2.41. The normalized spacial score (nSPS) is 9.00. The summed E-state index contributed by atoms with van der Waals surface area (Å²) < 4.78 is 4.02. The van der Waals surface area contributed by atoms with Gasteiger partial charge in [0.25, 0.3) is 0 Å². The monoisotopic (exact) mass is 74.0 g/mol. The Balaban J connectivity index is 2.62. The van der Waals surface area contributed by atoms with Crippen molar-refractivity contribution in [3.05, 3.63) is 0 Å². The molecule has 29 valence electrons. The molecule has 3 heteroatoms. The number of nitrogens with zero attached hydrogens (tertiary/aromatic N) is 1. The zero-order valence-electron chi connectivity index (χ0n) is 2.80. The van der Waals surface area contributed by atoms with E-state index in [0.29, 0.717) is 0 Å². The number of ether oxygens (including phenoxy) is 1. The maximum atomic E-state index is 7.46. The van der Waals surface area contributed by atoms with Gasteiger partial charge in [-0.25, -0.2) is 0 Å². The van der Waals surface area contributed by atoms with Crippen molar-refractivity contribution in [2.75, 3.05) is 7.11 Å². The lowest BCUT2D eigenvalue weighted by atomic mass is 11.4. The van der Waals surface area contributed by atoms with Crippen LogP contribution in [-0.2, 0) is 4.74 Å². The van der Waals surface area contributed by atoms with Crippen molar-refractivity contribution in [2.45, 2.75) is 0 Å². The SMILES string of the molecule is CO[C]=NO. The van der Waals surface area contributed by atoms with E-state index >= 15 is 0 Å². The fourth-order valence-corrected chi connectivity index (χ4v) is 0.0408. The van der Waals surface area contributed by atoms with Crippen LogP contribution in [0.2, 0.25) is 0 Å². The zero-order chi connectivity index (χ0) is 4.12. The van der Waals surface area contributed by atoms with Crippen molar-refractivity contribution < 1.29 is 9.94 Å². The van der Waals surface area contributed by atoms with Crippen molar-refractivity contribution in [1.29, 1.82) is 0 Å². The molecule has 0 amide bonds. The van der Waals surface area contributed by atoms with Gasteiger partial charge in [-0.3, -0.25) is 0 Å². The highest BCUT2D eigenvalue weighted by Gasteiger charge is 1.54. The third kappa shape index (κ3) is 3.27. The van der Waals surface area contributed by atoms with Gasteiger partial charge in [0.1, 0.15) is 0 Å². The predicted octanol–water partition coefficient (Wildman–Crippen LogP) is -0.0727. The molecule has 0 saturated carbocycles. The fraction of sp³-hybridized carbons (Fsp3) is 0.500. The van der Waals surface area contributed by atoms with E-state index in [4.69, 9.17) is 5.21 Å². The number of hydrogen-bond donors (Lipinski definition) is 1. The second kappa shape index (κ2) is 3.27. The summed E-state index contributed by atoms with van der Waals surface area (Å²) in [5.74, 6) is 0. The van der Waals surface area contributed by atoms with E-state index in [2.05, 4.69) is 9.89 Å². The highest BCUT2D eigenvalue weighted by atomic mass is 16.5. The van der Waals surface area contributed by atoms with E-state index in [1.807, 2.05) is 0 Å². The van der Waals surface area contributed by atoms with Crippen molar-refractivity contribution in [3.63, 3.8) is 0 Å². The molecule has 0 aromatic heterocycles. The first kappa shape index (κ1) is 4.27. The molecule has 0 aromatic rings. The third-order valence-electron chi connectivity index (χ3n) is 0.132. The summed E-state index contributed by atoms with van der Waals surface area (Å²) >= 11 is 0. The van der Waals surface area contributed by atoms with Gasteiger partial charge in [-0.15, -0.1) is 0 Å². The van der Waals surface area contributed by atoms with Gasteiger partial charge < -0.3 is 9.94 Å². The summed E-state index contributed by atoms with van der Waals surface area (Å²) in [6.45, 7) is 0. The maximum Gasteiger partial charge on any atom is 0.316 e. The van der Waals surface area contributed by atoms with Crippen molar-refractivity contribution in [2.24, 2.45) is 5.16 Å². The quantitative estimate of drug-likeness (QED) is 0.205. The lowest BCUT2D eigenvalue weighted by molar-refractivity contribution is 0.296. The molecule has 1 N–H and O–H groups in total. The Morgan fingerprint density at radius 1 is 2.00 bits per heavy atom. The molecule has 0 fully saturated rings. The largest absolute Gasteiger partial charge is 0.475 e. The van der Waals surface area contributed by atoms with Crippen molar-refractivity contribution >= 4 is 6.40 Å². The summed E-state index contributed by atoms with van der Waals surface area (Å²) in [6.07, 6.45) is 1.79. The Morgan fingerprint density at radius 2 is 2.60 bits per heavy atom. The molecule has 0 saturated heterocycles. The molecule has 5 heavy (non-hydrogen) atoms. The predicted molar refractivity (Wildman–Crippen MR) is 16.2 cm³/mol. The van der Waals surface area contributed by atoms with Gasteiger partial charge in [0, 0.05) is 0 Å². The van der Waals surface area contributed by atoms with Gasteiger partial charge in [0.05, 0.1) is 7.11 Å². The third-order valence-corrected chi connectivity index (χ3v) is 0.132. The summed E-state index contributed by atoms with van der Waals surface area (Å²) in [7, 11) is 1.35. The number of rotatable bonds is 1. The summed E-state index contributed by atoms with van der Waals surface area (Å²) in [5, 5.41) is 9.84. The highest BCUT2D eigenvalue weighted by Crippen LogP contribution is 1.47. The van der Waals surface area contributed by atoms with E-state index in [-0.39, 0.29) is 0 Å². The first-order valence-corrected chi connectivity index (χ1v) is 1.04. The summed E-state index contributed by atoms with van der Waals surface area (Å²) in [4.78, 5) is 0. The molecule has 0 aliphatic rings. The minimum absolute atomic E-state index is 1.35. The Bertz CT molecular complexity index is 34.6. The standard InChI is InChI=1S/C2H4NO2/c1-5-2-3-4/h4H,1H3. The van der Waals surface area contributed by atoms with Crippen molar-refractivity contribution in [1.82, 2.24) is 0 Å². The molecule has 0 aliphatic carbocycles. The number of methoxy groups -OCH3 is 1. The topological polar surface area (TPSA) is 41.8 Å². The number of hydrogen-bond acceptors (Lipinski definition) is 3. The molecular weight excluding hydrogens is 70.0 g/mol. The van der Waals surface area contributed by atoms with Crippen LogP contribution < -0.4 is 0 Å². The lowest BCUT2D eigenvalue weighted by Gasteiger charge is -1.71. The van der Waals surface area contributed by atoms with Gasteiger partial charge >= 0.3 is 6.40 Å². The minimum atomic E-state index is 1.35. The summed E-state index contributed by atoms with van der Waals surface area (Å²) in [6, 6.07) is 0. The van der Waals surface area contributed by atoms with Crippen LogP contribution >= 0.6 is 0 Å². The van der Waals surface area contributed by atoms with E-state index in [1.165, 1.54) is 7.11 Å². The Hall–Kier alpha value is -0.730. The highest BCUT2D eigenvalue weighted by molar-refractivity contribution is 5.44. The van der Waals surface area contributed by atoms with Crippen LogP contribution in [0.4, 0.5) is 0 Å². The molecule has 3 nitrogen and oxygen atoms in total. The Kier molecular flexibility index (Phi) is 2.79. The Morgan fingerprint density at radius 3 is 2.60 bits per heavy atom. The van der Waals surface area contributed by atoms with Crippen LogP contribution in [0, 0.1) is 0 Å². The van der Waals surface area contributed by atoms with Crippen molar-refractivity contribution in [3.8, 4) is 0 Å². The zero-order valence-corrected chi connectivity index (χ0v) is 2.80. The second-order valence-corrected chi connectivity index (χ2v) is 0.395. The van der Waals surface area contributed by atoms with Crippen LogP contribution in [0.5, 0.6) is 0 Å². The molecule has 0 heterocycles. The minimum Gasteiger partial charge on any atom is -0.475 e. The van der Waals surface area contributed by atoms with Crippen LogP contribution in [0.1, 0.15) is 0 Å². The Labute approximate surface area is 29.9 Å². The molecule has 1 radical (unpaired) electrons. The van der Waals surface area contributed by atoms with Gasteiger partial charge in [0.15, 0.2) is 0 Å². The van der Waals surface area contributed by atoms with Crippen LogP contribution in [0.25, 0.3) is 0 Å². The molecule has 0 rings (SSSR count). The van der Waals surface area contributed by atoms with E-state index in [9.17, 15) is 0 Å². The van der Waals surface area contributed by atoms with Gasteiger partial charge in [-0.2, -0.15) is 0 Å². The average Bonchev–Trinajstić information content (AvgIpc) is 1.41. The molecule has 0 aromatic carbocycles. The molecule has 0 spiro atoms. The fourth-order valence-electron chi connectivity index (χ4n) is 0.0408. The van der Waals surface area contributed by atoms with E-state index < -0.39 is 0 Å². The van der Waals surface area contributed by atoms with Crippen LogP contribution in [-0.4, -0.2) is 18.7 Å². The van der Waals surface area contributed by atoms with Crippen LogP contribution in [0.15, 0.2) is 5.16 Å². The van der Waals surface area contributed by atoms with E-state index in [1.54, 1.807) is 6.40 Å². The van der Waals surface area contributed by atoms with E-state index in [0.717, 1.165) is 0 Å².